The molecule has 3 aliphatic heterocycles. The third kappa shape index (κ3) is 14.1. The number of carbonyl (C=O) groups excluding carboxylic acids is 3. The van der Waals surface area contributed by atoms with Crippen molar-refractivity contribution in [3.63, 3.8) is 0 Å². The van der Waals surface area contributed by atoms with Gasteiger partial charge in [-0.1, -0.05) is 79.7 Å². The molecule has 3 amide bonds. The molecule has 3 fully saturated rings. The number of rotatable bonds is 19. The average molecular weight is 1280 g/mol. The number of ether oxygens (including phenoxy) is 4. The van der Waals surface area contributed by atoms with Crippen LogP contribution in [0, 0.1) is 13.8 Å². The number of methoxy groups -OCH3 is 2. The molecule has 3 aliphatic rings. The molecule has 4 N–H and O–H groups in total. The van der Waals surface area contributed by atoms with E-state index in [4.69, 9.17) is 34.0 Å². The van der Waals surface area contributed by atoms with Gasteiger partial charge in [-0.25, -0.2) is 19.4 Å². The fraction of sp³-hybridized carbons (Fsp3) is 0.392. The summed E-state index contributed by atoms with van der Waals surface area (Å²) in [7, 11) is 3.35. The fourth-order valence-corrected chi connectivity index (χ4v) is 13.3. The van der Waals surface area contributed by atoms with Gasteiger partial charge in [-0.15, -0.1) is 0 Å². The quantitative estimate of drug-likeness (QED) is 0.0589. The number of nitrogens with zero attached hydrogens (tertiary/aromatic N) is 10. The molecule has 95 heavy (non-hydrogen) atoms. The lowest BCUT2D eigenvalue weighted by Gasteiger charge is -2.27. The van der Waals surface area contributed by atoms with Gasteiger partial charge in [0.15, 0.2) is 17.9 Å². The lowest BCUT2D eigenvalue weighted by molar-refractivity contribution is -0.0365. The van der Waals surface area contributed by atoms with Crippen LogP contribution in [0.15, 0.2) is 122 Å². The fourth-order valence-electron chi connectivity index (χ4n) is 13.3. The highest BCUT2D eigenvalue weighted by atomic mass is 16.6. The molecule has 3 atom stereocenters. The molecule has 9 heterocycles. The van der Waals surface area contributed by atoms with Crippen LogP contribution in [0.1, 0.15) is 129 Å². The van der Waals surface area contributed by atoms with Crippen molar-refractivity contribution in [2.24, 2.45) is 0 Å². The lowest BCUT2D eigenvalue weighted by atomic mass is 9.97. The van der Waals surface area contributed by atoms with E-state index in [1.165, 1.54) is 11.1 Å². The van der Waals surface area contributed by atoms with E-state index in [1.807, 2.05) is 134 Å². The van der Waals surface area contributed by atoms with E-state index in [1.54, 1.807) is 19.1 Å². The summed E-state index contributed by atoms with van der Waals surface area (Å²) in [6, 6.07) is 32.2. The zero-order valence-electron chi connectivity index (χ0n) is 55.9. The van der Waals surface area contributed by atoms with Crippen molar-refractivity contribution < 1.29 is 33.3 Å². The Hall–Kier alpha value is -9.41. The Kier molecular flexibility index (Phi) is 20.1. The number of fused-ring (bicyclic) bond motifs is 2. The van der Waals surface area contributed by atoms with Gasteiger partial charge in [-0.05, 0) is 151 Å². The van der Waals surface area contributed by atoms with Crippen molar-refractivity contribution in [2.75, 3.05) is 60.2 Å². The van der Waals surface area contributed by atoms with Gasteiger partial charge in [-0.3, -0.25) is 24.7 Å². The molecular weight excluding hydrogens is 1200 g/mol. The zero-order chi connectivity index (χ0) is 66.3. The number of aromatic amines is 3. The normalized spacial score (nSPS) is 16.6. The third-order valence-electron chi connectivity index (χ3n) is 18.3. The Morgan fingerprint density at radius 3 is 1.78 bits per heavy atom. The van der Waals surface area contributed by atoms with Crippen molar-refractivity contribution in [1.29, 1.82) is 0 Å². The Bertz CT molecular complexity index is 4330. The number of aromatic nitrogens is 10. The van der Waals surface area contributed by atoms with Crippen LogP contribution < -0.4 is 5.32 Å². The van der Waals surface area contributed by atoms with Crippen LogP contribution in [0.5, 0.6) is 0 Å². The van der Waals surface area contributed by atoms with Crippen LogP contribution in [0.2, 0.25) is 0 Å². The molecule has 10 aromatic rings. The maximum Gasteiger partial charge on any atom is 0.410 e. The molecule has 6 aromatic heterocycles. The molecule has 0 bridgehead atoms. The van der Waals surface area contributed by atoms with Gasteiger partial charge in [0.05, 0.1) is 42.9 Å². The minimum atomic E-state index is -0.593. The first-order valence-electron chi connectivity index (χ1n) is 33.2. The van der Waals surface area contributed by atoms with E-state index in [2.05, 4.69) is 86.6 Å². The predicted molar refractivity (Wildman–Crippen MR) is 368 cm³/mol. The van der Waals surface area contributed by atoms with Gasteiger partial charge < -0.3 is 48.9 Å². The molecular formula is C74H86N14O7. The van der Waals surface area contributed by atoms with Gasteiger partial charge in [0.1, 0.15) is 39.8 Å². The highest BCUT2D eigenvalue weighted by molar-refractivity contribution is 6.03. The Labute approximate surface area is 554 Å². The predicted octanol–water partition coefficient (Wildman–Crippen LogP) is 13.5. The number of hydrogen-bond acceptors (Lipinski definition) is 14. The van der Waals surface area contributed by atoms with Crippen molar-refractivity contribution in [1.82, 2.24) is 69.9 Å². The SMILES string of the molecule is CCN(Cc1cncc(-c2ccc3c(c2)c(-c2nc(-c4ccccc4)c(C(=O)N4CCCC4COC)[nH]2)nn3C2CCCCO2)c1C)C(=O)OC(C)(C)C.CCNCc1cncc(-c2ccc3[nH]nc(-c4nc(-c5ccccc5)c(C(=O)N5CCCC5COC)[nH]4)c3c2)c1C. The lowest BCUT2D eigenvalue weighted by Crippen LogP contribution is -2.38. The number of pyridine rings is 2. The first-order valence-corrected chi connectivity index (χ1v) is 33.2. The molecule has 3 unspecified atom stereocenters. The Morgan fingerprint density at radius 2 is 1.22 bits per heavy atom. The van der Waals surface area contributed by atoms with Gasteiger partial charge in [0, 0.05) is 105 Å². The van der Waals surface area contributed by atoms with E-state index in [0.717, 1.165) is 124 Å². The monoisotopic (exact) mass is 1280 g/mol. The van der Waals surface area contributed by atoms with E-state index in [9.17, 15) is 14.4 Å². The number of imidazole rings is 2. The minimum absolute atomic E-state index is 0.00470. The van der Waals surface area contributed by atoms with Crippen molar-refractivity contribution in [2.45, 2.75) is 130 Å². The van der Waals surface area contributed by atoms with E-state index in [0.29, 0.717) is 91.8 Å². The Balaban J connectivity index is 0.000000189. The van der Waals surface area contributed by atoms with E-state index in [-0.39, 0.29) is 36.2 Å². The number of H-pyrrole nitrogens is 3. The summed E-state index contributed by atoms with van der Waals surface area (Å²) in [5, 5.41) is 18.2. The molecule has 21 heteroatoms. The smallest absolute Gasteiger partial charge is 0.410 e. The minimum Gasteiger partial charge on any atom is -0.444 e. The van der Waals surface area contributed by atoms with Crippen molar-refractivity contribution in [3.05, 3.63) is 155 Å². The van der Waals surface area contributed by atoms with Crippen LogP contribution in [-0.2, 0) is 32.0 Å². The van der Waals surface area contributed by atoms with Gasteiger partial charge >= 0.3 is 6.09 Å². The maximum atomic E-state index is 14.3. The standard InChI is InChI=1S/C42H51N7O5.C32H35N7O2/c1-7-47(41(51)54-42(3,4)5)25-30-23-43-24-33(27(30)2)29-18-19-34-32(22-29)37(46-49(34)35-17-11-12-21-53-35)39-44-36(28-14-9-8-10-15-28)38(45-39)40(50)48-20-13-16-31(48)26-52-6;1-4-33-16-23-17-34-18-26(20(23)2)22-12-13-27-25(15-22)29(38-37-27)31-35-28(21-9-6-5-7-10-21)30(36-31)32(40)39-14-8-11-24(39)19-41-3/h8-10,14-15,18-19,22-24,31,35H,7,11-13,16-17,20-21,25-26H2,1-6H3,(H,44,45);5-7,9-10,12-13,15,17-18,24,33H,4,8,11,14,16,19H2,1-3H3,(H,35,36)(H,37,38). The molecule has 13 rings (SSSR count). The number of benzene rings is 4. The van der Waals surface area contributed by atoms with Crippen LogP contribution in [-0.4, -0.2) is 160 Å². The summed E-state index contributed by atoms with van der Waals surface area (Å²) in [6.45, 7) is 19.4. The second kappa shape index (κ2) is 29.1. The van der Waals surface area contributed by atoms with Crippen LogP contribution in [0.3, 0.4) is 0 Å². The summed E-state index contributed by atoms with van der Waals surface area (Å²) in [4.78, 5) is 72.8. The van der Waals surface area contributed by atoms with E-state index < -0.39 is 5.60 Å². The average Bonchev–Trinajstić information content (AvgIpc) is 1.62. The molecule has 21 nitrogen and oxygen atoms in total. The number of hydrogen-bond donors (Lipinski definition) is 4. The van der Waals surface area contributed by atoms with Crippen LogP contribution in [0.4, 0.5) is 4.79 Å². The van der Waals surface area contributed by atoms with Gasteiger partial charge in [-0.2, -0.15) is 10.2 Å². The molecule has 3 saturated heterocycles. The summed E-state index contributed by atoms with van der Waals surface area (Å²) < 4.78 is 24.8. The zero-order valence-corrected chi connectivity index (χ0v) is 55.9. The Morgan fingerprint density at radius 1 is 0.653 bits per heavy atom. The van der Waals surface area contributed by atoms with Crippen LogP contribution >= 0.6 is 0 Å². The van der Waals surface area contributed by atoms with Gasteiger partial charge in [0.25, 0.3) is 11.8 Å². The molecule has 0 saturated carbocycles. The van der Waals surface area contributed by atoms with Crippen LogP contribution in [0.25, 0.3) is 89.6 Å². The molecule has 4 aromatic carbocycles. The molecule has 0 aliphatic carbocycles. The largest absolute Gasteiger partial charge is 0.444 e. The molecule has 494 valence electrons. The second-order valence-electron chi connectivity index (χ2n) is 25.7. The highest BCUT2D eigenvalue weighted by Crippen LogP contribution is 2.39. The first kappa shape index (κ1) is 65.6. The topological polar surface area (TPSA) is 240 Å². The summed E-state index contributed by atoms with van der Waals surface area (Å²) in [6.07, 6.45) is 13.6. The maximum absolute atomic E-state index is 14.3. The summed E-state index contributed by atoms with van der Waals surface area (Å²) in [5.41, 5.74) is 14.7. The van der Waals surface area contributed by atoms with Crippen molar-refractivity contribution >= 4 is 39.7 Å². The molecule has 0 spiro atoms. The van der Waals surface area contributed by atoms with Gasteiger partial charge in [0.2, 0.25) is 0 Å². The number of carbonyl (C=O) groups is 3. The number of likely N-dealkylation sites (tertiary alicyclic amines) is 2. The molecule has 0 radical (unpaired) electrons. The highest BCUT2D eigenvalue weighted by Gasteiger charge is 2.36. The van der Waals surface area contributed by atoms with E-state index >= 15 is 0 Å². The third-order valence-corrected chi connectivity index (χ3v) is 18.3. The summed E-state index contributed by atoms with van der Waals surface area (Å²) in [5.74, 6) is 0.893. The number of nitrogens with one attached hydrogen (secondary N) is 4. The second-order valence-corrected chi connectivity index (χ2v) is 25.7. The number of amides is 3. The van der Waals surface area contributed by atoms with Crippen molar-refractivity contribution in [3.8, 4) is 67.8 Å². The summed E-state index contributed by atoms with van der Waals surface area (Å²) >= 11 is 0. The first-order chi connectivity index (χ1) is 46.1.